The van der Waals surface area contributed by atoms with Crippen LogP contribution in [0.3, 0.4) is 0 Å². The van der Waals surface area contributed by atoms with Crippen LogP contribution in [0.5, 0.6) is 0 Å². The van der Waals surface area contributed by atoms with Gasteiger partial charge in [0.25, 0.3) is 0 Å². The van der Waals surface area contributed by atoms with E-state index in [9.17, 15) is 9.18 Å². The molecule has 2 amide bonds. The highest BCUT2D eigenvalue weighted by atomic mass is 19.1. The van der Waals surface area contributed by atoms with Crippen molar-refractivity contribution in [1.82, 2.24) is 5.32 Å². The summed E-state index contributed by atoms with van der Waals surface area (Å²) in [7, 11) is 0. The minimum atomic E-state index is -0.567. The average molecular weight is 232 g/mol. The van der Waals surface area contributed by atoms with E-state index in [1.165, 1.54) is 0 Å². The number of rotatable bonds is 3. The average Bonchev–Trinajstić information content (AvgIpc) is 2.37. The number of urea groups is 1. The van der Waals surface area contributed by atoms with E-state index in [0.717, 1.165) is 16.5 Å². The maximum absolute atomic E-state index is 11.9. The number of halogens is 1. The number of carbonyl (C=O) groups is 1. The highest BCUT2D eigenvalue weighted by molar-refractivity contribution is 6.01. The molecule has 2 rings (SSSR count). The third-order valence-corrected chi connectivity index (χ3v) is 2.42. The molecule has 0 heterocycles. The second-order valence-corrected chi connectivity index (χ2v) is 3.60. The molecule has 0 unspecified atom stereocenters. The summed E-state index contributed by atoms with van der Waals surface area (Å²) in [4.78, 5) is 11.4. The lowest BCUT2D eigenvalue weighted by Crippen LogP contribution is -2.30. The predicted octanol–water partition coefficient (Wildman–Crippen LogP) is 2.93. The Kier molecular flexibility index (Phi) is 3.55. The first-order chi connectivity index (χ1) is 8.31. The van der Waals surface area contributed by atoms with Crippen LogP contribution < -0.4 is 10.6 Å². The maximum atomic E-state index is 11.9. The number of alkyl halides is 1. The van der Waals surface area contributed by atoms with Gasteiger partial charge in [-0.25, -0.2) is 9.18 Å². The molecule has 0 saturated carbocycles. The fourth-order valence-corrected chi connectivity index (χ4v) is 1.66. The van der Waals surface area contributed by atoms with Crippen molar-refractivity contribution in [1.29, 1.82) is 0 Å². The first-order valence-corrected chi connectivity index (χ1v) is 5.40. The van der Waals surface area contributed by atoms with Crippen LogP contribution in [-0.2, 0) is 0 Å². The Morgan fingerprint density at radius 1 is 1.12 bits per heavy atom. The molecule has 0 aliphatic rings. The molecule has 0 bridgehead atoms. The van der Waals surface area contributed by atoms with Crippen molar-refractivity contribution in [3.8, 4) is 0 Å². The molecule has 0 fully saturated rings. The van der Waals surface area contributed by atoms with Crippen LogP contribution in [-0.4, -0.2) is 19.3 Å². The summed E-state index contributed by atoms with van der Waals surface area (Å²) in [5, 5.41) is 7.14. The number of amides is 2. The fourth-order valence-electron chi connectivity index (χ4n) is 1.66. The van der Waals surface area contributed by atoms with Crippen molar-refractivity contribution >= 4 is 22.5 Å². The van der Waals surface area contributed by atoms with Gasteiger partial charge in [0.1, 0.15) is 6.67 Å². The van der Waals surface area contributed by atoms with Gasteiger partial charge in [0.05, 0.1) is 5.69 Å². The van der Waals surface area contributed by atoms with Gasteiger partial charge in [-0.1, -0.05) is 36.4 Å². The Labute approximate surface area is 98.6 Å². The quantitative estimate of drug-likeness (QED) is 0.839. The predicted molar refractivity (Wildman–Crippen MR) is 66.9 cm³/mol. The van der Waals surface area contributed by atoms with Gasteiger partial charge in [0, 0.05) is 11.9 Å². The maximum Gasteiger partial charge on any atom is 0.319 e. The zero-order valence-corrected chi connectivity index (χ0v) is 9.24. The summed E-state index contributed by atoms with van der Waals surface area (Å²) in [5.74, 6) is 0. The standard InChI is InChI=1S/C13H13FN2O/c14-8-9-15-13(17)16-12-7-3-5-10-4-1-2-6-11(10)12/h1-7H,8-9H2,(H2,15,16,17). The summed E-state index contributed by atoms with van der Waals surface area (Å²) < 4.78 is 11.9. The van der Waals surface area contributed by atoms with Crippen molar-refractivity contribution in [2.45, 2.75) is 0 Å². The van der Waals surface area contributed by atoms with E-state index in [2.05, 4.69) is 10.6 Å². The molecule has 0 saturated heterocycles. The molecule has 2 N–H and O–H groups in total. The number of benzene rings is 2. The van der Waals surface area contributed by atoms with Gasteiger partial charge in [-0.15, -0.1) is 0 Å². The molecule has 3 nitrogen and oxygen atoms in total. The molecule has 88 valence electrons. The zero-order chi connectivity index (χ0) is 12.1. The molecule has 0 spiro atoms. The van der Waals surface area contributed by atoms with Gasteiger partial charge in [-0.2, -0.15) is 0 Å². The molecule has 0 aliphatic heterocycles. The number of anilines is 1. The second-order valence-electron chi connectivity index (χ2n) is 3.60. The van der Waals surface area contributed by atoms with Gasteiger partial charge < -0.3 is 10.6 Å². The van der Waals surface area contributed by atoms with Gasteiger partial charge in [-0.3, -0.25) is 0 Å². The van der Waals surface area contributed by atoms with Crippen LogP contribution in [0.4, 0.5) is 14.9 Å². The van der Waals surface area contributed by atoms with Crippen LogP contribution in [0.15, 0.2) is 42.5 Å². The molecule has 2 aromatic carbocycles. The molecule has 0 aliphatic carbocycles. The molecule has 4 heteroatoms. The van der Waals surface area contributed by atoms with Gasteiger partial charge >= 0.3 is 6.03 Å². The Morgan fingerprint density at radius 2 is 1.88 bits per heavy atom. The highest BCUT2D eigenvalue weighted by Gasteiger charge is 2.03. The lowest BCUT2D eigenvalue weighted by atomic mass is 10.1. The summed E-state index contributed by atoms with van der Waals surface area (Å²) in [5.41, 5.74) is 0.722. The lowest BCUT2D eigenvalue weighted by molar-refractivity contribution is 0.251. The van der Waals surface area contributed by atoms with E-state index in [-0.39, 0.29) is 12.6 Å². The molecular formula is C13H13FN2O. The zero-order valence-electron chi connectivity index (χ0n) is 9.24. The van der Waals surface area contributed by atoms with Crippen LogP contribution in [0.1, 0.15) is 0 Å². The second kappa shape index (κ2) is 5.30. The Hall–Kier alpha value is -2.10. The summed E-state index contributed by atoms with van der Waals surface area (Å²) in [6.45, 7) is -0.542. The monoisotopic (exact) mass is 232 g/mol. The van der Waals surface area contributed by atoms with Crippen LogP contribution in [0.2, 0.25) is 0 Å². The topological polar surface area (TPSA) is 41.1 Å². The first-order valence-electron chi connectivity index (χ1n) is 5.40. The third-order valence-electron chi connectivity index (χ3n) is 2.42. The SMILES string of the molecule is O=C(NCCF)Nc1cccc2ccccc12. The van der Waals surface area contributed by atoms with E-state index in [0.29, 0.717) is 0 Å². The largest absolute Gasteiger partial charge is 0.335 e. The highest BCUT2D eigenvalue weighted by Crippen LogP contribution is 2.22. The summed E-state index contributed by atoms with van der Waals surface area (Å²) >= 11 is 0. The van der Waals surface area contributed by atoms with Gasteiger partial charge in [-0.05, 0) is 11.5 Å². The lowest BCUT2D eigenvalue weighted by Gasteiger charge is -2.09. The van der Waals surface area contributed by atoms with Gasteiger partial charge in [0.15, 0.2) is 0 Å². The van der Waals surface area contributed by atoms with E-state index < -0.39 is 6.67 Å². The van der Waals surface area contributed by atoms with E-state index >= 15 is 0 Å². The van der Waals surface area contributed by atoms with Crippen molar-refractivity contribution < 1.29 is 9.18 Å². The van der Waals surface area contributed by atoms with Crippen molar-refractivity contribution in [2.24, 2.45) is 0 Å². The van der Waals surface area contributed by atoms with Crippen molar-refractivity contribution in [2.75, 3.05) is 18.5 Å². The Bertz CT molecular complexity index is 522. The molecule has 0 atom stereocenters. The Balaban J connectivity index is 2.21. The fraction of sp³-hybridized carbons (Fsp3) is 0.154. The Morgan fingerprint density at radius 3 is 2.71 bits per heavy atom. The molecular weight excluding hydrogens is 219 g/mol. The number of carbonyl (C=O) groups excluding carboxylic acids is 1. The van der Waals surface area contributed by atoms with E-state index in [4.69, 9.17) is 0 Å². The van der Waals surface area contributed by atoms with Crippen LogP contribution in [0, 0.1) is 0 Å². The van der Waals surface area contributed by atoms with Crippen LogP contribution >= 0.6 is 0 Å². The minimum Gasteiger partial charge on any atom is -0.335 e. The van der Waals surface area contributed by atoms with Gasteiger partial charge in [0.2, 0.25) is 0 Å². The number of hydrogen-bond acceptors (Lipinski definition) is 1. The summed E-state index contributed by atoms with van der Waals surface area (Å²) in [6.07, 6.45) is 0. The van der Waals surface area contributed by atoms with E-state index in [1.807, 2.05) is 42.5 Å². The number of fused-ring (bicyclic) bond motifs is 1. The van der Waals surface area contributed by atoms with Crippen molar-refractivity contribution in [3.63, 3.8) is 0 Å². The molecule has 0 aromatic heterocycles. The summed E-state index contributed by atoms with van der Waals surface area (Å²) in [6, 6.07) is 13.0. The molecule has 2 aromatic rings. The third kappa shape index (κ3) is 2.72. The smallest absolute Gasteiger partial charge is 0.319 e. The number of hydrogen-bond donors (Lipinski definition) is 2. The van der Waals surface area contributed by atoms with Crippen LogP contribution in [0.25, 0.3) is 10.8 Å². The van der Waals surface area contributed by atoms with E-state index in [1.54, 1.807) is 0 Å². The van der Waals surface area contributed by atoms with Crippen molar-refractivity contribution in [3.05, 3.63) is 42.5 Å². The minimum absolute atomic E-state index is 0.0244. The first kappa shape index (κ1) is 11.4. The normalized spacial score (nSPS) is 10.2. The molecule has 17 heavy (non-hydrogen) atoms. The molecule has 0 radical (unpaired) electrons. The number of nitrogens with one attached hydrogen (secondary N) is 2.